The van der Waals surface area contributed by atoms with Crippen LogP contribution in [0.5, 0.6) is 5.75 Å². The first kappa shape index (κ1) is 17.7. The second-order valence-corrected chi connectivity index (χ2v) is 6.94. The van der Waals surface area contributed by atoms with E-state index < -0.39 is 15.9 Å². The van der Waals surface area contributed by atoms with Crippen molar-refractivity contribution >= 4 is 21.6 Å². The van der Waals surface area contributed by atoms with Crippen LogP contribution < -0.4 is 15.2 Å². The predicted octanol–water partition coefficient (Wildman–Crippen LogP) is 2.76. The summed E-state index contributed by atoms with van der Waals surface area (Å²) in [5, 5.41) is 7.72. The molecule has 134 valence electrons. The first-order valence-corrected chi connectivity index (χ1v) is 9.16. The maximum Gasteiger partial charge on any atom is 0.259 e. The van der Waals surface area contributed by atoms with Gasteiger partial charge in [-0.2, -0.15) is 0 Å². The van der Waals surface area contributed by atoms with Crippen molar-refractivity contribution < 1.29 is 22.4 Å². The summed E-state index contributed by atoms with van der Waals surface area (Å²) in [4.78, 5) is 12.4. The molecule has 1 heterocycles. The Morgan fingerprint density at radius 3 is 2.38 bits per heavy atom. The van der Waals surface area contributed by atoms with Crippen LogP contribution in [0.4, 0.5) is 5.69 Å². The van der Waals surface area contributed by atoms with Gasteiger partial charge in [-0.05, 0) is 42.5 Å². The summed E-state index contributed by atoms with van der Waals surface area (Å²) in [5.74, 6) is 0.648. The Labute approximate surface area is 150 Å². The number of carbonyl (C=O) groups excluding carboxylic acids is 1. The molecule has 0 saturated heterocycles. The molecule has 0 spiro atoms. The minimum atomic E-state index is -3.78. The molecular formula is C18H16N2O5S. The van der Waals surface area contributed by atoms with E-state index >= 15 is 0 Å². The number of nitrogens with one attached hydrogen (secondary N) is 1. The van der Waals surface area contributed by atoms with Gasteiger partial charge in [-0.15, -0.1) is 0 Å². The average molecular weight is 372 g/mol. The quantitative estimate of drug-likeness (QED) is 0.691. The molecule has 2 aromatic carbocycles. The molecule has 0 aliphatic carbocycles. The zero-order valence-electron chi connectivity index (χ0n) is 13.6. The Bertz CT molecular complexity index is 996. The van der Waals surface area contributed by atoms with Gasteiger partial charge in [0, 0.05) is 5.69 Å². The van der Waals surface area contributed by atoms with Crippen LogP contribution in [-0.2, 0) is 16.6 Å². The van der Waals surface area contributed by atoms with Gasteiger partial charge in [-0.3, -0.25) is 4.79 Å². The van der Waals surface area contributed by atoms with Gasteiger partial charge < -0.3 is 14.5 Å². The third-order valence-electron chi connectivity index (χ3n) is 3.54. The van der Waals surface area contributed by atoms with Gasteiger partial charge in [0.05, 0.1) is 16.7 Å². The van der Waals surface area contributed by atoms with E-state index in [1.807, 2.05) is 18.2 Å². The number of rotatable bonds is 6. The summed E-state index contributed by atoms with van der Waals surface area (Å²) in [7, 11) is -3.78. The van der Waals surface area contributed by atoms with Crippen LogP contribution in [0.15, 0.2) is 76.2 Å². The number of para-hydroxylation sites is 1. The van der Waals surface area contributed by atoms with E-state index in [1.165, 1.54) is 36.6 Å². The molecule has 0 saturated carbocycles. The summed E-state index contributed by atoms with van der Waals surface area (Å²) in [6, 6.07) is 16.3. The minimum Gasteiger partial charge on any atom is -0.486 e. The highest BCUT2D eigenvalue weighted by Gasteiger charge is 2.16. The molecule has 1 aromatic heterocycles. The van der Waals surface area contributed by atoms with E-state index in [0.717, 1.165) is 0 Å². The van der Waals surface area contributed by atoms with E-state index in [1.54, 1.807) is 12.1 Å². The number of hydrogen-bond acceptors (Lipinski definition) is 5. The van der Waals surface area contributed by atoms with E-state index in [9.17, 15) is 13.2 Å². The van der Waals surface area contributed by atoms with E-state index in [4.69, 9.17) is 14.3 Å². The maximum absolute atomic E-state index is 12.4. The number of sulfonamides is 1. The molecule has 0 unspecified atom stereocenters. The van der Waals surface area contributed by atoms with Crippen molar-refractivity contribution in [2.45, 2.75) is 11.5 Å². The van der Waals surface area contributed by atoms with Crippen LogP contribution in [0.1, 0.15) is 16.1 Å². The second-order valence-electron chi connectivity index (χ2n) is 5.38. The highest BCUT2D eigenvalue weighted by Crippen LogP contribution is 2.18. The zero-order valence-corrected chi connectivity index (χ0v) is 14.4. The van der Waals surface area contributed by atoms with Gasteiger partial charge in [0.25, 0.3) is 5.91 Å². The van der Waals surface area contributed by atoms with Crippen molar-refractivity contribution in [2.24, 2.45) is 5.14 Å². The van der Waals surface area contributed by atoms with Crippen molar-refractivity contribution in [3.05, 3.63) is 78.3 Å². The number of amides is 1. The fourth-order valence-corrected chi connectivity index (χ4v) is 2.76. The predicted molar refractivity (Wildman–Crippen MR) is 95.3 cm³/mol. The van der Waals surface area contributed by atoms with Crippen LogP contribution >= 0.6 is 0 Å². The molecule has 3 N–H and O–H groups in total. The summed E-state index contributed by atoms with van der Waals surface area (Å²) in [6.45, 7) is 0.101. The topological polar surface area (TPSA) is 112 Å². The van der Waals surface area contributed by atoms with Gasteiger partial charge in [0.15, 0.2) is 5.76 Å². The molecule has 3 aromatic rings. The van der Waals surface area contributed by atoms with Crippen LogP contribution in [-0.4, -0.2) is 14.3 Å². The van der Waals surface area contributed by atoms with Crippen LogP contribution in [0.3, 0.4) is 0 Å². The van der Waals surface area contributed by atoms with Crippen molar-refractivity contribution in [3.8, 4) is 5.75 Å². The molecular weight excluding hydrogens is 356 g/mol. The number of carbonyl (C=O) groups is 1. The zero-order chi connectivity index (χ0) is 18.6. The van der Waals surface area contributed by atoms with Gasteiger partial charge in [0.2, 0.25) is 10.0 Å². The Kier molecular flexibility index (Phi) is 5.06. The Hall–Kier alpha value is -3.10. The summed E-state index contributed by atoms with van der Waals surface area (Å²) in [5.41, 5.74) is 0.759. The molecule has 3 rings (SSSR count). The summed E-state index contributed by atoms with van der Waals surface area (Å²) >= 11 is 0. The van der Waals surface area contributed by atoms with Gasteiger partial charge in [0.1, 0.15) is 12.4 Å². The Morgan fingerprint density at radius 2 is 1.73 bits per heavy atom. The van der Waals surface area contributed by atoms with Crippen LogP contribution in [0, 0.1) is 0 Å². The highest BCUT2D eigenvalue weighted by molar-refractivity contribution is 7.89. The number of anilines is 1. The van der Waals surface area contributed by atoms with Crippen LogP contribution in [0.25, 0.3) is 0 Å². The molecule has 0 bridgehead atoms. The molecule has 1 amide bonds. The monoisotopic (exact) mass is 372 g/mol. The van der Waals surface area contributed by atoms with Gasteiger partial charge in [-0.25, -0.2) is 13.6 Å². The number of nitrogens with two attached hydrogens (primary N) is 1. The molecule has 0 aliphatic heterocycles. The maximum atomic E-state index is 12.4. The molecule has 8 heteroatoms. The summed E-state index contributed by atoms with van der Waals surface area (Å²) in [6.07, 6.45) is 1.41. The lowest BCUT2D eigenvalue weighted by molar-refractivity contribution is 0.102. The summed E-state index contributed by atoms with van der Waals surface area (Å²) < 4.78 is 33.4. The normalized spacial score (nSPS) is 11.1. The second kappa shape index (κ2) is 7.42. The first-order chi connectivity index (χ1) is 12.4. The van der Waals surface area contributed by atoms with E-state index in [0.29, 0.717) is 22.8 Å². The number of ether oxygens (including phenoxy) is 1. The lowest BCUT2D eigenvalue weighted by Crippen LogP contribution is -2.15. The lowest BCUT2D eigenvalue weighted by Gasteiger charge is -2.08. The SMILES string of the molecule is NS(=O)(=O)c1ccc(NC(=O)c2ccoc2COc2ccccc2)cc1. The van der Waals surface area contributed by atoms with Crippen molar-refractivity contribution in [2.75, 3.05) is 5.32 Å². The minimum absolute atomic E-state index is 0.0317. The molecule has 0 fully saturated rings. The molecule has 0 radical (unpaired) electrons. The number of benzene rings is 2. The highest BCUT2D eigenvalue weighted by atomic mass is 32.2. The molecule has 0 atom stereocenters. The van der Waals surface area contributed by atoms with Crippen LogP contribution in [0.2, 0.25) is 0 Å². The first-order valence-electron chi connectivity index (χ1n) is 7.62. The third-order valence-corrected chi connectivity index (χ3v) is 4.47. The van der Waals surface area contributed by atoms with Crippen molar-refractivity contribution in [3.63, 3.8) is 0 Å². The smallest absolute Gasteiger partial charge is 0.259 e. The van der Waals surface area contributed by atoms with Crippen molar-refractivity contribution in [1.29, 1.82) is 0 Å². The lowest BCUT2D eigenvalue weighted by atomic mass is 10.2. The number of primary sulfonamides is 1. The molecule has 26 heavy (non-hydrogen) atoms. The van der Waals surface area contributed by atoms with Crippen molar-refractivity contribution in [1.82, 2.24) is 0 Å². The van der Waals surface area contributed by atoms with E-state index in [2.05, 4.69) is 5.32 Å². The number of hydrogen-bond donors (Lipinski definition) is 2. The Morgan fingerprint density at radius 1 is 1.04 bits per heavy atom. The fraction of sp³-hybridized carbons (Fsp3) is 0.0556. The fourth-order valence-electron chi connectivity index (χ4n) is 2.25. The van der Waals surface area contributed by atoms with E-state index in [-0.39, 0.29) is 11.5 Å². The third kappa shape index (κ3) is 4.29. The van der Waals surface area contributed by atoms with Gasteiger partial charge in [-0.1, -0.05) is 18.2 Å². The standard InChI is InChI=1S/C18H16N2O5S/c19-26(22,23)15-8-6-13(7-9-15)20-18(21)16-10-11-24-17(16)12-25-14-4-2-1-3-5-14/h1-11H,12H2,(H,20,21)(H2,19,22,23). The molecule has 0 aliphatic rings. The average Bonchev–Trinajstić information content (AvgIpc) is 3.09. The largest absolute Gasteiger partial charge is 0.486 e. The number of furan rings is 1. The van der Waals surface area contributed by atoms with Gasteiger partial charge >= 0.3 is 0 Å². The Balaban J connectivity index is 1.68. The molecule has 7 nitrogen and oxygen atoms in total.